The summed E-state index contributed by atoms with van der Waals surface area (Å²) in [5.74, 6) is 1.06. The Morgan fingerprint density at radius 2 is 2.00 bits per heavy atom. The lowest BCUT2D eigenvalue weighted by Crippen LogP contribution is -2.46. The number of benzene rings is 1. The molecule has 156 valence electrons. The van der Waals surface area contributed by atoms with Gasteiger partial charge < -0.3 is 19.7 Å². The normalized spacial score (nSPS) is 21.2. The molecule has 0 aromatic heterocycles. The molecule has 2 aliphatic rings. The molecule has 1 atom stereocenters. The van der Waals surface area contributed by atoms with E-state index >= 15 is 0 Å². The summed E-state index contributed by atoms with van der Waals surface area (Å²) in [5.41, 5.74) is 1.33. The number of nitrogens with one attached hydrogen (secondary N) is 1. The fourth-order valence-electron chi connectivity index (χ4n) is 3.89. The molecule has 0 radical (unpaired) electrons. The van der Waals surface area contributed by atoms with Gasteiger partial charge in [0.2, 0.25) is 0 Å². The van der Waals surface area contributed by atoms with Crippen LogP contribution in [0.5, 0.6) is 0 Å². The molecule has 1 N–H and O–H groups in total. The van der Waals surface area contributed by atoms with Crippen LogP contribution in [0.15, 0.2) is 35.3 Å². The van der Waals surface area contributed by atoms with Crippen molar-refractivity contribution >= 4 is 5.96 Å². The minimum Gasteiger partial charge on any atom is -0.381 e. The van der Waals surface area contributed by atoms with E-state index in [4.69, 9.17) is 14.5 Å². The van der Waals surface area contributed by atoms with Crippen molar-refractivity contribution in [2.45, 2.75) is 32.2 Å². The van der Waals surface area contributed by atoms with Crippen LogP contribution < -0.4 is 5.32 Å². The molecule has 0 amide bonds. The fraction of sp³-hybridized carbons (Fsp3) is 0.682. The van der Waals surface area contributed by atoms with E-state index in [0.29, 0.717) is 6.04 Å². The molecule has 0 saturated carbocycles. The average Bonchev–Trinajstić information content (AvgIpc) is 3.24. The van der Waals surface area contributed by atoms with Gasteiger partial charge in [-0.2, -0.15) is 0 Å². The van der Waals surface area contributed by atoms with Crippen LogP contribution in [0, 0.1) is 0 Å². The monoisotopic (exact) mass is 388 g/mol. The molecule has 0 aliphatic carbocycles. The Morgan fingerprint density at radius 1 is 1.18 bits per heavy atom. The summed E-state index contributed by atoms with van der Waals surface area (Å²) in [4.78, 5) is 9.83. The Kier molecular flexibility index (Phi) is 9.07. The fourth-order valence-corrected chi connectivity index (χ4v) is 3.89. The molecule has 0 bridgehead atoms. The maximum absolute atomic E-state index is 5.78. The third kappa shape index (κ3) is 6.76. The molecule has 2 saturated heterocycles. The van der Waals surface area contributed by atoms with Gasteiger partial charge in [-0.25, -0.2) is 0 Å². The predicted molar refractivity (Wildman–Crippen MR) is 114 cm³/mol. The zero-order valence-electron chi connectivity index (χ0n) is 17.3. The third-order valence-electron chi connectivity index (χ3n) is 5.45. The van der Waals surface area contributed by atoms with Gasteiger partial charge in [-0.15, -0.1) is 0 Å². The Hall–Kier alpha value is -1.63. The molecular formula is C22H36N4O2. The van der Waals surface area contributed by atoms with Gasteiger partial charge in [-0.3, -0.25) is 9.89 Å². The highest BCUT2D eigenvalue weighted by molar-refractivity contribution is 5.80. The van der Waals surface area contributed by atoms with Gasteiger partial charge in [0.25, 0.3) is 0 Å². The first-order valence-corrected chi connectivity index (χ1v) is 10.8. The van der Waals surface area contributed by atoms with Gasteiger partial charge >= 0.3 is 0 Å². The third-order valence-corrected chi connectivity index (χ3v) is 5.45. The Morgan fingerprint density at radius 3 is 2.79 bits per heavy atom. The number of guanidine groups is 1. The first-order chi connectivity index (χ1) is 13.9. The smallest absolute Gasteiger partial charge is 0.193 e. The number of hydrogen-bond donors (Lipinski definition) is 1. The molecule has 2 heterocycles. The summed E-state index contributed by atoms with van der Waals surface area (Å²) < 4.78 is 11.3. The quantitative estimate of drug-likeness (QED) is 0.398. The summed E-state index contributed by atoms with van der Waals surface area (Å²) in [5, 5.41) is 3.46. The highest BCUT2D eigenvalue weighted by Gasteiger charge is 2.30. The van der Waals surface area contributed by atoms with E-state index in [1.165, 1.54) is 12.0 Å². The van der Waals surface area contributed by atoms with Crippen LogP contribution in [0.1, 0.15) is 25.3 Å². The van der Waals surface area contributed by atoms with E-state index in [9.17, 15) is 0 Å². The second-order valence-electron chi connectivity index (χ2n) is 7.47. The number of morpholine rings is 1. The van der Waals surface area contributed by atoms with Crippen LogP contribution in [-0.4, -0.2) is 87.5 Å². The molecule has 0 spiro atoms. The Bertz CT molecular complexity index is 575. The van der Waals surface area contributed by atoms with E-state index < -0.39 is 0 Å². The van der Waals surface area contributed by atoms with E-state index in [0.717, 1.165) is 84.5 Å². The Balaban J connectivity index is 1.34. The standard InChI is InChI=1S/C22H36N4O2/c1-2-23-22(26-12-9-21(19-26)25-13-17-28-18-14-25)24-11-6-15-27-16-10-20-7-4-3-5-8-20/h3-5,7-8,21H,2,6,9-19H2,1H3,(H,23,24). The van der Waals surface area contributed by atoms with Crippen molar-refractivity contribution in [3.05, 3.63) is 35.9 Å². The number of nitrogens with zero attached hydrogens (tertiary/aromatic N) is 3. The van der Waals surface area contributed by atoms with Crippen LogP contribution in [0.3, 0.4) is 0 Å². The van der Waals surface area contributed by atoms with Crippen molar-refractivity contribution < 1.29 is 9.47 Å². The van der Waals surface area contributed by atoms with Crippen molar-refractivity contribution in [3.8, 4) is 0 Å². The van der Waals surface area contributed by atoms with Crippen molar-refractivity contribution in [3.63, 3.8) is 0 Å². The largest absolute Gasteiger partial charge is 0.381 e. The zero-order chi connectivity index (χ0) is 19.4. The summed E-state index contributed by atoms with van der Waals surface area (Å²) >= 11 is 0. The summed E-state index contributed by atoms with van der Waals surface area (Å²) in [6.07, 6.45) is 3.15. The van der Waals surface area contributed by atoms with Crippen molar-refractivity contribution in [1.82, 2.24) is 15.1 Å². The maximum Gasteiger partial charge on any atom is 0.193 e. The van der Waals surface area contributed by atoms with Gasteiger partial charge in [0.15, 0.2) is 5.96 Å². The lowest BCUT2D eigenvalue weighted by Gasteiger charge is -2.32. The second-order valence-corrected chi connectivity index (χ2v) is 7.47. The van der Waals surface area contributed by atoms with Crippen molar-refractivity contribution in [1.29, 1.82) is 0 Å². The Labute approximate surface area is 169 Å². The van der Waals surface area contributed by atoms with Gasteiger partial charge in [0.1, 0.15) is 0 Å². The van der Waals surface area contributed by atoms with Crippen molar-refractivity contribution in [2.75, 3.05) is 65.7 Å². The van der Waals surface area contributed by atoms with Crippen LogP contribution in [-0.2, 0) is 15.9 Å². The van der Waals surface area contributed by atoms with Gasteiger partial charge in [-0.1, -0.05) is 30.3 Å². The summed E-state index contributed by atoms with van der Waals surface area (Å²) in [6, 6.07) is 11.1. The maximum atomic E-state index is 5.78. The van der Waals surface area contributed by atoms with Gasteiger partial charge in [0.05, 0.1) is 19.8 Å². The van der Waals surface area contributed by atoms with E-state index in [1.807, 2.05) is 6.07 Å². The molecule has 6 heteroatoms. The zero-order valence-corrected chi connectivity index (χ0v) is 17.3. The number of ether oxygens (including phenoxy) is 2. The molecule has 3 rings (SSSR count). The molecular weight excluding hydrogens is 352 g/mol. The SMILES string of the molecule is CCNC(=NCCCOCCc1ccccc1)N1CCC(N2CCOCC2)C1. The topological polar surface area (TPSA) is 49.3 Å². The minimum absolute atomic E-state index is 0.633. The van der Waals surface area contributed by atoms with Crippen molar-refractivity contribution in [2.24, 2.45) is 4.99 Å². The van der Waals surface area contributed by atoms with Crippen LogP contribution in [0.4, 0.5) is 0 Å². The summed E-state index contributed by atoms with van der Waals surface area (Å²) in [7, 11) is 0. The number of aliphatic imine (C=N–C) groups is 1. The average molecular weight is 389 g/mol. The van der Waals surface area contributed by atoms with Crippen LogP contribution in [0.25, 0.3) is 0 Å². The number of hydrogen-bond acceptors (Lipinski definition) is 4. The molecule has 1 aromatic rings. The predicted octanol–water partition coefficient (Wildman–Crippen LogP) is 2.01. The minimum atomic E-state index is 0.633. The molecule has 1 aromatic carbocycles. The van der Waals surface area contributed by atoms with Gasteiger partial charge in [-0.05, 0) is 31.7 Å². The number of likely N-dealkylation sites (tertiary alicyclic amines) is 1. The summed E-state index contributed by atoms with van der Waals surface area (Å²) in [6.45, 7) is 11.4. The highest BCUT2D eigenvalue weighted by atomic mass is 16.5. The molecule has 2 fully saturated rings. The lowest BCUT2D eigenvalue weighted by atomic mass is 10.2. The van der Waals surface area contributed by atoms with Crippen LogP contribution >= 0.6 is 0 Å². The van der Waals surface area contributed by atoms with E-state index in [2.05, 4.69) is 46.3 Å². The second kappa shape index (κ2) is 12.0. The van der Waals surface area contributed by atoms with E-state index in [1.54, 1.807) is 0 Å². The number of rotatable bonds is 9. The first-order valence-electron chi connectivity index (χ1n) is 10.8. The molecule has 28 heavy (non-hydrogen) atoms. The van der Waals surface area contributed by atoms with E-state index in [-0.39, 0.29) is 0 Å². The lowest BCUT2D eigenvalue weighted by molar-refractivity contribution is 0.0195. The molecule has 6 nitrogen and oxygen atoms in total. The molecule has 2 aliphatic heterocycles. The van der Waals surface area contributed by atoms with Crippen LogP contribution in [0.2, 0.25) is 0 Å². The van der Waals surface area contributed by atoms with Gasteiger partial charge in [0, 0.05) is 51.9 Å². The first kappa shape index (κ1) is 21.1. The highest BCUT2D eigenvalue weighted by Crippen LogP contribution is 2.17. The molecule has 1 unspecified atom stereocenters.